The lowest BCUT2D eigenvalue weighted by molar-refractivity contribution is 0.626. The predicted octanol–water partition coefficient (Wildman–Crippen LogP) is 5.20. The number of halogens is 4. The highest BCUT2D eigenvalue weighted by atomic mass is 127. The van der Waals surface area contributed by atoms with Crippen molar-refractivity contribution in [1.82, 2.24) is 9.55 Å². The minimum Gasteiger partial charge on any atom is -0.295 e. The molecule has 0 fully saturated rings. The van der Waals surface area contributed by atoms with Crippen LogP contribution in [-0.4, -0.2) is 15.4 Å². The van der Waals surface area contributed by atoms with Gasteiger partial charge >= 0.3 is 0 Å². The molecular weight excluding hydrogens is 425 g/mol. The third-order valence-corrected chi connectivity index (χ3v) is 4.33. The lowest BCUT2D eigenvalue weighted by atomic mass is 10.2. The van der Waals surface area contributed by atoms with Gasteiger partial charge < -0.3 is 0 Å². The number of aromatic nitrogens is 2. The van der Waals surface area contributed by atoms with Gasteiger partial charge in [0.15, 0.2) is 0 Å². The number of imidazole rings is 1. The van der Waals surface area contributed by atoms with Crippen LogP contribution in [0.3, 0.4) is 0 Å². The SMILES string of the molecule is Fc1ccc(Cl)c(-n2c(CCCl)nc3cc(I)ccc32)c1. The van der Waals surface area contributed by atoms with Crippen LogP contribution in [0.4, 0.5) is 4.39 Å². The van der Waals surface area contributed by atoms with Gasteiger partial charge in [0.25, 0.3) is 0 Å². The maximum absolute atomic E-state index is 13.6. The van der Waals surface area contributed by atoms with Gasteiger partial charge in [-0.2, -0.15) is 0 Å². The Hall–Kier alpha value is -0.850. The van der Waals surface area contributed by atoms with Crippen molar-refractivity contribution in [3.63, 3.8) is 0 Å². The lowest BCUT2D eigenvalue weighted by Gasteiger charge is -2.10. The third kappa shape index (κ3) is 2.89. The molecule has 6 heteroatoms. The van der Waals surface area contributed by atoms with E-state index < -0.39 is 0 Å². The molecule has 1 aromatic heterocycles. The average Bonchev–Trinajstić information content (AvgIpc) is 2.79. The van der Waals surface area contributed by atoms with E-state index in [9.17, 15) is 4.39 Å². The van der Waals surface area contributed by atoms with Crippen LogP contribution in [0.1, 0.15) is 5.82 Å². The summed E-state index contributed by atoms with van der Waals surface area (Å²) in [6, 6.07) is 10.2. The first-order valence-corrected chi connectivity index (χ1v) is 8.27. The van der Waals surface area contributed by atoms with E-state index in [-0.39, 0.29) is 5.82 Å². The average molecular weight is 435 g/mol. The van der Waals surface area contributed by atoms with Crippen molar-refractivity contribution in [3.05, 3.63) is 56.6 Å². The third-order valence-electron chi connectivity index (χ3n) is 3.15. The number of fused-ring (bicyclic) bond motifs is 1. The molecule has 21 heavy (non-hydrogen) atoms. The Morgan fingerprint density at radius 1 is 1.19 bits per heavy atom. The molecule has 3 rings (SSSR count). The Bertz CT molecular complexity index is 817. The number of aryl methyl sites for hydroxylation is 1. The topological polar surface area (TPSA) is 17.8 Å². The molecule has 2 nitrogen and oxygen atoms in total. The molecule has 0 aliphatic heterocycles. The largest absolute Gasteiger partial charge is 0.295 e. The molecule has 0 aliphatic rings. The molecule has 2 aromatic carbocycles. The van der Waals surface area contributed by atoms with Gasteiger partial charge in [0.05, 0.1) is 21.7 Å². The van der Waals surface area contributed by atoms with Gasteiger partial charge in [-0.15, -0.1) is 11.6 Å². The van der Waals surface area contributed by atoms with E-state index in [2.05, 4.69) is 27.6 Å². The molecule has 0 spiro atoms. The fourth-order valence-corrected chi connectivity index (χ4v) is 3.13. The second-order valence-electron chi connectivity index (χ2n) is 4.53. The molecule has 0 saturated heterocycles. The first-order chi connectivity index (χ1) is 10.1. The molecule has 0 N–H and O–H groups in total. The van der Waals surface area contributed by atoms with E-state index in [1.807, 2.05) is 22.8 Å². The molecule has 1 heterocycles. The maximum atomic E-state index is 13.6. The van der Waals surface area contributed by atoms with E-state index in [0.29, 0.717) is 23.0 Å². The molecular formula is C15H10Cl2FIN2. The quantitative estimate of drug-likeness (QED) is 0.409. The number of alkyl halides is 1. The molecule has 3 aromatic rings. The lowest BCUT2D eigenvalue weighted by Crippen LogP contribution is -2.03. The fraction of sp³-hybridized carbons (Fsp3) is 0.133. The van der Waals surface area contributed by atoms with Crippen LogP contribution in [-0.2, 0) is 6.42 Å². The summed E-state index contributed by atoms with van der Waals surface area (Å²) in [7, 11) is 0. The van der Waals surface area contributed by atoms with E-state index in [1.165, 1.54) is 12.1 Å². The molecule has 0 unspecified atom stereocenters. The zero-order valence-electron chi connectivity index (χ0n) is 10.8. The molecule has 0 saturated carbocycles. The summed E-state index contributed by atoms with van der Waals surface area (Å²) in [5.41, 5.74) is 2.32. The second-order valence-corrected chi connectivity index (χ2v) is 6.56. The van der Waals surface area contributed by atoms with E-state index in [0.717, 1.165) is 20.4 Å². The zero-order valence-corrected chi connectivity index (χ0v) is 14.5. The van der Waals surface area contributed by atoms with Crippen LogP contribution in [0, 0.1) is 9.39 Å². The molecule has 0 bridgehead atoms. The van der Waals surface area contributed by atoms with Crippen molar-refractivity contribution >= 4 is 56.8 Å². The highest BCUT2D eigenvalue weighted by molar-refractivity contribution is 14.1. The van der Waals surface area contributed by atoms with E-state index >= 15 is 0 Å². The second kappa shape index (κ2) is 6.10. The summed E-state index contributed by atoms with van der Waals surface area (Å²) in [5, 5.41) is 0.477. The van der Waals surface area contributed by atoms with Crippen molar-refractivity contribution in [2.45, 2.75) is 6.42 Å². The van der Waals surface area contributed by atoms with Gasteiger partial charge in [0.1, 0.15) is 11.6 Å². The van der Waals surface area contributed by atoms with Crippen molar-refractivity contribution in [1.29, 1.82) is 0 Å². The van der Waals surface area contributed by atoms with Gasteiger partial charge in [-0.25, -0.2) is 9.37 Å². The predicted molar refractivity (Wildman–Crippen MR) is 93.2 cm³/mol. The first-order valence-electron chi connectivity index (χ1n) is 6.28. The number of hydrogen-bond acceptors (Lipinski definition) is 1. The smallest absolute Gasteiger partial charge is 0.125 e. The highest BCUT2D eigenvalue weighted by Gasteiger charge is 2.15. The van der Waals surface area contributed by atoms with Gasteiger partial charge in [0, 0.05) is 15.9 Å². The summed E-state index contributed by atoms with van der Waals surface area (Å²) in [5.74, 6) is 0.876. The van der Waals surface area contributed by atoms with Crippen LogP contribution in [0.2, 0.25) is 5.02 Å². The standard InChI is InChI=1S/C15H10Cl2FIN2/c16-6-5-15-20-12-8-10(19)2-4-13(12)21(15)14-7-9(18)1-3-11(14)17/h1-4,7-8H,5-6H2. The number of benzene rings is 2. The molecule has 0 radical (unpaired) electrons. The van der Waals surface area contributed by atoms with Gasteiger partial charge in [-0.05, 0) is 59.0 Å². The summed E-state index contributed by atoms with van der Waals surface area (Å²) in [6.45, 7) is 0. The monoisotopic (exact) mass is 434 g/mol. The van der Waals surface area contributed by atoms with Crippen LogP contribution in [0.15, 0.2) is 36.4 Å². The Balaban J connectivity index is 2.33. The Labute approximate surface area is 145 Å². The molecule has 108 valence electrons. The minimum absolute atomic E-state index is 0.335. The van der Waals surface area contributed by atoms with E-state index in [4.69, 9.17) is 23.2 Å². The van der Waals surface area contributed by atoms with Crippen molar-refractivity contribution in [2.75, 3.05) is 5.88 Å². The van der Waals surface area contributed by atoms with Crippen LogP contribution >= 0.6 is 45.8 Å². The van der Waals surface area contributed by atoms with Crippen LogP contribution < -0.4 is 0 Å². The minimum atomic E-state index is -0.335. The number of rotatable bonds is 3. The Morgan fingerprint density at radius 2 is 2.00 bits per heavy atom. The summed E-state index contributed by atoms with van der Waals surface area (Å²) in [6.07, 6.45) is 0.583. The summed E-state index contributed by atoms with van der Waals surface area (Å²) < 4.78 is 16.6. The first kappa shape index (κ1) is 15.1. The number of hydrogen-bond donors (Lipinski definition) is 0. The maximum Gasteiger partial charge on any atom is 0.125 e. The molecule has 0 aliphatic carbocycles. The summed E-state index contributed by atoms with van der Waals surface area (Å²) in [4.78, 5) is 4.60. The van der Waals surface area contributed by atoms with Crippen molar-refractivity contribution in [2.24, 2.45) is 0 Å². The summed E-state index contributed by atoms with van der Waals surface area (Å²) >= 11 is 14.3. The van der Waals surface area contributed by atoms with Crippen LogP contribution in [0.25, 0.3) is 16.7 Å². The van der Waals surface area contributed by atoms with Gasteiger partial charge in [-0.3, -0.25) is 4.57 Å². The Kier molecular flexibility index (Phi) is 4.38. The fourth-order valence-electron chi connectivity index (χ4n) is 2.28. The Morgan fingerprint density at radius 3 is 2.76 bits per heavy atom. The van der Waals surface area contributed by atoms with Crippen molar-refractivity contribution in [3.8, 4) is 5.69 Å². The van der Waals surface area contributed by atoms with Crippen molar-refractivity contribution < 1.29 is 4.39 Å². The van der Waals surface area contributed by atoms with Gasteiger partial charge in [-0.1, -0.05) is 11.6 Å². The normalized spacial score (nSPS) is 11.2. The van der Waals surface area contributed by atoms with Crippen LogP contribution in [0.5, 0.6) is 0 Å². The number of nitrogens with zero attached hydrogens (tertiary/aromatic N) is 2. The van der Waals surface area contributed by atoms with Gasteiger partial charge in [0.2, 0.25) is 0 Å². The molecule has 0 amide bonds. The molecule has 0 atom stereocenters. The zero-order chi connectivity index (χ0) is 15.0. The van der Waals surface area contributed by atoms with E-state index in [1.54, 1.807) is 6.07 Å². The highest BCUT2D eigenvalue weighted by Crippen LogP contribution is 2.28.